The summed E-state index contributed by atoms with van der Waals surface area (Å²) in [5, 5.41) is 3.13. The molecule has 0 aliphatic carbocycles. The smallest absolute Gasteiger partial charge is 0.334 e. The van der Waals surface area contributed by atoms with E-state index >= 15 is 0 Å². The molecule has 0 aromatic heterocycles. The van der Waals surface area contributed by atoms with Crippen molar-refractivity contribution in [1.29, 1.82) is 0 Å². The summed E-state index contributed by atoms with van der Waals surface area (Å²) in [4.78, 5) is 68.1. The number of nitrogens with one attached hydrogen (secondary N) is 1. The molecule has 2 fully saturated rings. The Bertz CT molecular complexity index is 2530. The first kappa shape index (κ1) is 42.9. The average molecular weight is 847 g/mol. The molecule has 1 unspecified atom stereocenters. The maximum atomic E-state index is 13.6. The summed E-state index contributed by atoms with van der Waals surface area (Å²) < 4.78 is 11.2. The van der Waals surface area contributed by atoms with E-state index in [1.54, 1.807) is 14.0 Å². The van der Waals surface area contributed by atoms with E-state index in [-0.39, 0.29) is 36.3 Å². The second-order valence-electron chi connectivity index (χ2n) is 16.7. The number of esters is 2. The minimum Gasteiger partial charge on any atom is -0.463 e. The van der Waals surface area contributed by atoms with Gasteiger partial charge in [-0.3, -0.25) is 9.59 Å². The van der Waals surface area contributed by atoms with Gasteiger partial charge in [-0.2, -0.15) is 0 Å². The molecule has 2 saturated heterocycles. The Morgan fingerprint density at radius 1 is 0.683 bits per heavy atom. The number of aliphatic imine (C=N–C) groups is 2. The zero-order chi connectivity index (χ0) is 44.0. The summed E-state index contributed by atoms with van der Waals surface area (Å²) in [6, 6.07) is 27.3. The highest BCUT2D eigenvalue weighted by Gasteiger charge is 2.28. The molecule has 324 valence electrons. The van der Waals surface area contributed by atoms with Gasteiger partial charge in [-0.15, -0.1) is 0 Å². The number of benzene rings is 4. The summed E-state index contributed by atoms with van der Waals surface area (Å²) in [5.74, 6) is 0.961. The van der Waals surface area contributed by atoms with Gasteiger partial charge in [0.15, 0.2) is 0 Å². The largest absolute Gasteiger partial charge is 0.463 e. The minimum absolute atomic E-state index is 0.0254. The summed E-state index contributed by atoms with van der Waals surface area (Å²) in [5.41, 5.74) is 9.34. The van der Waals surface area contributed by atoms with Gasteiger partial charge in [0.2, 0.25) is 0 Å². The summed E-state index contributed by atoms with van der Waals surface area (Å²) in [6.45, 7) is 5.19. The second-order valence-corrected chi connectivity index (χ2v) is 16.7. The number of fused-ring (bicyclic) bond motifs is 2. The fourth-order valence-corrected chi connectivity index (χ4v) is 8.54. The molecule has 0 spiro atoms. The maximum absolute atomic E-state index is 13.6. The van der Waals surface area contributed by atoms with Gasteiger partial charge in [-0.05, 0) is 121 Å². The van der Waals surface area contributed by atoms with E-state index in [0.29, 0.717) is 67.1 Å². The van der Waals surface area contributed by atoms with Crippen LogP contribution in [0.15, 0.2) is 106 Å². The Labute approximate surface area is 369 Å². The Morgan fingerprint density at radius 2 is 1.22 bits per heavy atom. The molecule has 4 heterocycles. The van der Waals surface area contributed by atoms with Crippen LogP contribution in [0.3, 0.4) is 0 Å². The molecule has 4 aliphatic heterocycles. The molecule has 2 amide bonds. The van der Waals surface area contributed by atoms with Gasteiger partial charge in [-0.25, -0.2) is 19.6 Å². The van der Waals surface area contributed by atoms with Crippen LogP contribution in [0.5, 0.6) is 0 Å². The van der Waals surface area contributed by atoms with Gasteiger partial charge in [0.25, 0.3) is 11.8 Å². The quantitative estimate of drug-likeness (QED) is 0.158. The van der Waals surface area contributed by atoms with Crippen LogP contribution in [0, 0.1) is 5.92 Å². The fraction of sp³-hybridized carbons (Fsp3) is 0.333. The molecular formula is C51H54N6O6. The van der Waals surface area contributed by atoms with E-state index in [9.17, 15) is 19.2 Å². The van der Waals surface area contributed by atoms with E-state index in [1.165, 1.54) is 0 Å². The van der Waals surface area contributed by atoms with E-state index in [2.05, 4.69) is 5.32 Å². The fourth-order valence-electron chi connectivity index (χ4n) is 8.54. The molecule has 0 bridgehead atoms. The SMILES string of the molecule is CCOC(=O)C1=Cc2cc(-c3ccc(C(=O)N4CCC(CCOC(=O)C5=Cc6cc(-c7ccc(C(=O)N8CCCC8)cc7)ccc6N=C(NC)C5)C4)cc3)ccc2N=C(N(C)C)C1. The molecule has 0 saturated carbocycles. The molecular weight excluding hydrogens is 793 g/mol. The predicted molar refractivity (Wildman–Crippen MR) is 247 cm³/mol. The number of likely N-dealkylation sites (tertiary alicyclic amines) is 2. The van der Waals surface area contributed by atoms with Crippen LogP contribution in [0.25, 0.3) is 34.4 Å². The van der Waals surface area contributed by atoms with E-state index in [4.69, 9.17) is 19.5 Å². The normalized spacial score (nSPS) is 16.9. The van der Waals surface area contributed by atoms with Crippen molar-refractivity contribution in [2.24, 2.45) is 15.9 Å². The average Bonchev–Trinajstić information content (AvgIpc) is 3.93. The predicted octanol–water partition coefficient (Wildman–Crippen LogP) is 8.33. The van der Waals surface area contributed by atoms with E-state index in [0.717, 1.165) is 82.9 Å². The number of hydrogen-bond donors (Lipinski definition) is 1. The first-order valence-electron chi connectivity index (χ1n) is 21.9. The number of carbonyl (C=O) groups excluding carboxylic acids is 4. The van der Waals surface area contributed by atoms with Crippen LogP contribution in [0.1, 0.15) is 77.3 Å². The lowest BCUT2D eigenvalue weighted by molar-refractivity contribution is -0.139. The maximum Gasteiger partial charge on any atom is 0.334 e. The van der Waals surface area contributed by atoms with Crippen LogP contribution in [0.4, 0.5) is 11.4 Å². The van der Waals surface area contributed by atoms with Crippen molar-refractivity contribution in [3.05, 3.63) is 118 Å². The van der Waals surface area contributed by atoms with Gasteiger partial charge in [0.05, 0.1) is 24.6 Å². The summed E-state index contributed by atoms with van der Waals surface area (Å²) in [6.07, 6.45) is 7.99. The van der Waals surface area contributed by atoms with Gasteiger partial charge < -0.3 is 29.5 Å². The highest BCUT2D eigenvalue weighted by molar-refractivity contribution is 6.05. The van der Waals surface area contributed by atoms with Crippen molar-refractivity contribution in [1.82, 2.24) is 20.0 Å². The standard InChI is InChI=1S/C51H54N6O6/c1-5-62-50(60)43-29-41-27-39(17-19-45(41)54-47(31-43)55(3)4)35-10-14-37(15-11-35)49(59)57-24-20-33(32-57)21-25-63-51(61)42-28-40-26-38(16-18-44(40)53-46(30-42)52-2)34-8-12-36(13-9-34)48(58)56-22-6-7-23-56/h8-19,26-29,33H,5-7,20-25,30-32H2,1-4H3,(H,52,53). The third-order valence-corrected chi connectivity index (χ3v) is 12.2. The Kier molecular flexibility index (Phi) is 13.0. The van der Waals surface area contributed by atoms with E-state index < -0.39 is 0 Å². The summed E-state index contributed by atoms with van der Waals surface area (Å²) >= 11 is 0. The minimum atomic E-state index is -0.386. The summed E-state index contributed by atoms with van der Waals surface area (Å²) in [7, 11) is 5.62. The molecule has 0 radical (unpaired) electrons. The Morgan fingerprint density at radius 3 is 1.79 bits per heavy atom. The van der Waals surface area contributed by atoms with Gasteiger partial charge in [-0.1, -0.05) is 36.4 Å². The lowest BCUT2D eigenvalue weighted by Crippen LogP contribution is -2.28. The topological polar surface area (TPSA) is 133 Å². The lowest BCUT2D eigenvalue weighted by atomic mass is 9.99. The molecule has 12 heteroatoms. The van der Waals surface area contributed by atoms with Crippen molar-refractivity contribution in [2.75, 3.05) is 60.5 Å². The highest BCUT2D eigenvalue weighted by Crippen LogP contribution is 2.34. The number of ether oxygens (including phenoxy) is 2. The molecule has 12 nitrogen and oxygen atoms in total. The van der Waals surface area contributed by atoms with Crippen molar-refractivity contribution >= 4 is 59.0 Å². The second kappa shape index (κ2) is 19.1. The van der Waals surface area contributed by atoms with Crippen LogP contribution < -0.4 is 5.32 Å². The lowest BCUT2D eigenvalue weighted by Gasteiger charge is -2.17. The monoisotopic (exact) mass is 846 g/mol. The molecule has 4 aliphatic rings. The molecule has 63 heavy (non-hydrogen) atoms. The van der Waals surface area contributed by atoms with Crippen molar-refractivity contribution in [2.45, 2.75) is 45.4 Å². The molecule has 4 aromatic carbocycles. The number of amidine groups is 2. The number of amides is 2. The third kappa shape index (κ3) is 9.80. The van der Waals surface area contributed by atoms with Crippen LogP contribution in [-0.4, -0.2) is 111 Å². The zero-order valence-electron chi connectivity index (χ0n) is 36.5. The van der Waals surface area contributed by atoms with E-state index in [1.807, 2.05) is 126 Å². The number of rotatable bonds is 10. The molecule has 8 rings (SSSR count). The first-order valence-corrected chi connectivity index (χ1v) is 21.9. The third-order valence-electron chi connectivity index (χ3n) is 12.2. The molecule has 1 N–H and O–H groups in total. The molecule has 1 atom stereocenters. The van der Waals surface area contributed by atoms with Gasteiger partial charge in [0, 0.05) is 93.6 Å². The number of hydrogen-bond acceptors (Lipinski definition) is 10. The molecule has 4 aromatic rings. The van der Waals surface area contributed by atoms with Crippen LogP contribution >= 0.6 is 0 Å². The highest BCUT2D eigenvalue weighted by atomic mass is 16.5. The number of nitrogens with zero attached hydrogens (tertiary/aromatic N) is 5. The first-order chi connectivity index (χ1) is 30.6. The van der Waals surface area contributed by atoms with Crippen molar-refractivity contribution < 1.29 is 28.7 Å². The van der Waals surface area contributed by atoms with Crippen molar-refractivity contribution in [3.8, 4) is 22.3 Å². The van der Waals surface area contributed by atoms with Gasteiger partial charge >= 0.3 is 11.9 Å². The Hall–Kier alpha value is -6.82. The Balaban J connectivity index is 0.869. The van der Waals surface area contributed by atoms with Crippen LogP contribution in [-0.2, 0) is 19.1 Å². The van der Waals surface area contributed by atoms with Crippen molar-refractivity contribution in [3.63, 3.8) is 0 Å². The van der Waals surface area contributed by atoms with Crippen LogP contribution in [0.2, 0.25) is 0 Å². The van der Waals surface area contributed by atoms with Gasteiger partial charge in [0.1, 0.15) is 11.7 Å². The number of carbonyl (C=O) groups is 4. The zero-order valence-corrected chi connectivity index (χ0v) is 36.5.